The number of hydrogen-bond donors (Lipinski definition) is 0. The Morgan fingerprint density at radius 3 is 2.46 bits per heavy atom. The number of benzene rings is 2. The predicted molar refractivity (Wildman–Crippen MR) is 101 cm³/mol. The summed E-state index contributed by atoms with van der Waals surface area (Å²) in [6.07, 6.45) is 4.96. The van der Waals surface area contributed by atoms with E-state index in [0.717, 1.165) is 16.5 Å². The van der Waals surface area contributed by atoms with Gasteiger partial charge in [-0.1, -0.05) is 18.2 Å². The van der Waals surface area contributed by atoms with Crippen LogP contribution in [0.25, 0.3) is 17.0 Å². The Hall–Kier alpha value is -3.34. The fourth-order valence-corrected chi connectivity index (χ4v) is 2.74. The van der Waals surface area contributed by atoms with Gasteiger partial charge in [-0.3, -0.25) is 9.78 Å². The number of rotatable bonds is 6. The van der Waals surface area contributed by atoms with E-state index in [1.54, 1.807) is 24.4 Å². The molecule has 0 amide bonds. The van der Waals surface area contributed by atoms with Crippen molar-refractivity contribution >= 4 is 22.8 Å². The average molecular weight is 349 g/mol. The molecule has 5 nitrogen and oxygen atoms in total. The molecular weight excluding hydrogens is 330 g/mol. The van der Waals surface area contributed by atoms with E-state index in [2.05, 4.69) is 4.98 Å². The summed E-state index contributed by atoms with van der Waals surface area (Å²) in [5.74, 6) is 1.04. The Balaban J connectivity index is 1.92. The van der Waals surface area contributed by atoms with Gasteiger partial charge in [0.1, 0.15) is 0 Å². The highest BCUT2D eigenvalue weighted by molar-refractivity contribution is 6.09. The minimum Gasteiger partial charge on any atom is -0.493 e. The van der Waals surface area contributed by atoms with Gasteiger partial charge in [-0.25, -0.2) is 0 Å². The number of pyridine rings is 1. The molecule has 0 aliphatic carbocycles. The molecule has 0 aliphatic heterocycles. The lowest BCUT2D eigenvalue weighted by molar-refractivity contribution is 0.104. The van der Waals surface area contributed by atoms with Crippen molar-refractivity contribution in [3.8, 4) is 17.2 Å². The Kier molecular flexibility index (Phi) is 5.17. The number of carbonyl (C=O) groups excluding carboxylic acids is 1. The van der Waals surface area contributed by atoms with Crippen molar-refractivity contribution in [1.82, 2.24) is 4.98 Å². The van der Waals surface area contributed by atoms with E-state index in [1.165, 1.54) is 27.4 Å². The van der Waals surface area contributed by atoms with Crippen LogP contribution >= 0.6 is 0 Å². The molecule has 0 spiro atoms. The first-order valence-electron chi connectivity index (χ1n) is 8.04. The lowest BCUT2D eigenvalue weighted by atomic mass is 10.1. The smallest absolute Gasteiger partial charge is 0.204 e. The lowest BCUT2D eigenvalue weighted by Crippen LogP contribution is -2.02. The van der Waals surface area contributed by atoms with Crippen LogP contribution in [-0.2, 0) is 0 Å². The average Bonchev–Trinajstić information content (AvgIpc) is 2.70. The van der Waals surface area contributed by atoms with Gasteiger partial charge in [-0.05, 0) is 42.0 Å². The molecule has 0 N–H and O–H groups in total. The Bertz CT molecular complexity index is 979. The van der Waals surface area contributed by atoms with E-state index < -0.39 is 0 Å². The highest BCUT2D eigenvalue weighted by atomic mass is 16.5. The van der Waals surface area contributed by atoms with Crippen LogP contribution < -0.4 is 14.2 Å². The van der Waals surface area contributed by atoms with Crippen LogP contribution in [0.1, 0.15) is 15.9 Å². The number of hydrogen-bond acceptors (Lipinski definition) is 5. The molecule has 1 aromatic heterocycles. The first kappa shape index (κ1) is 17.5. The van der Waals surface area contributed by atoms with Gasteiger partial charge in [0, 0.05) is 11.6 Å². The summed E-state index contributed by atoms with van der Waals surface area (Å²) >= 11 is 0. The maximum Gasteiger partial charge on any atom is 0.204 e. The summed E-state index contributed by atoms with van der Waals surface area (Å²) in [4.78, 5) is 17.0. The molecule has 0 saturated carbocycles. The molecule has 3 aromatic rings. The molecule has 0 aliphatic rings. The Labute approximate surface area is 151 Å². The molecule has 0 fully saturated rings. The molecule has 132 valence electrons. The van der Waals surface area contributed by atoms with Crippen LogP contribution in [-0.4, -0.2) is 32.1 Å². The van der Waals surface area contributed by atoms with Crippen molar-refractivity contribution in [2.45, 2.75) is 0 Å². The number of aromatic nitrogens is 1. The third kappa shape index (κ3) is 3.37. The maximum absolute atomic E-state index is 12.6. The van der Waals surface area contributed by atoms with E-state index in [1.807, 2.05) is 30.3 Å². The zero-order chi connectivity index (χ0) is 18.5. The molecule has 0 bridgehead atoms. The number of ether oxygens (including phenoxy) is 3. The summed E-state index contributed by atoms with van der Waals surface area (Å²) < 4.78 is 15.9. The normalized spacial score (nSPS) is 10.9. The van der Waals surface area contributed by atoms with Crippen molar-refractivity contribution in [2.75, 3.05) is 21.3 Å². The summed E-state index contributed by atoms with van der Waals surface area (Å²) in [7, 11) is 4.53. The van der Waals surface area contributed by atoms with E-state index in [-0.39, 0.29) is 5.78 Å². The van der Waals surface area contributed by atoms with Crippen LogP contribution in [0.15, 0.2) is 54.7 Å². The van der Waals surface area contributed by atoms with Crippen molar-refractivity contribution in [1.29, 1.82) is 0 Å². The summed E-state index contributed by atoms with van der Waals surface area (Å²) in [5, 5.41) is 1.02. The number of ketones is 1. The minimum absolute atomic E-state index is 0.198. The van der Waals surface area contributed by atoms with Crippen molar-refractivity contribution in [3.63, 3.8) is 0 Å². The van der Waals surface area contributed by atoms with Crippen LogP contribution in [0.2, 0.25) is 0 Å². The van der Waals surface area contributed by atoms with Gasteiger partial charge >= 0.3 is 0 Å². The van der Waals surface area contributed by atoms with Crippen LogP contribution in [0.3, 0.4) is 0 Å². The summed E-state index contributed by atoms with van der Waals surface area (Å²) in [5.41, 5.74) is 2.16. The summed E-state index contributed by atoms with van der Waals surface area (Å²) in [6, 6.07) is 13.2. The Morgan fingerprint density at radius 2 is 1.73 bits per heavy atom. The van der Waals surface area contributed by atoms with Crippen molar-refractivity contribution in [2.24, 2.45) is 0 Å². The third-order valence-electron chi connectivity index (χ3n) is 4.01. The largest absolute Gasteiger partial charge is 0.493 e. The molecule has 0 unspecified atom stereocenters. The molecule has 26 heavy (non-hydrogen) atoms. The fourth-order valence-electron chi connectivity index (χ4n) is 2.74. The minimum atomic E-state index is -0.198. The second kappa shape index (κ2) is 7.70. The number of nitrogens with zero attached hydrogens (tertiary/aromatic N) is 1. The first-order chi connectivity index (χ1) is 12.7. The van der Waals surface area contributed by atoms with E-state index >= 15 is 0 Å². The third-order valence-corrected chi connectivity index (χ3v) is 4.01. The zero-order valence-electron chi connectivity index (χ0n) is 14.9. The van der Waals surface area contributed by atoms with Crippen LogP contribution in [0.5, 0.6) is 17.2 Å². The predicted octanol–water partition coefficient (Wildman–Crippen LogP) is 4.16. The number of allylic oxidation sites excluding steroid dienone is 1. The highest BCUT2D eigenvalue weighted by Crippen LogP contribution is 2.40. The molecule has 5 heteroatoms. The monoisotopic (exact) mass is 349 g/mol. The highest BCUT2D eigenvalue weighted by Gasteiger charge is 2.19. The van der Waals surface area contributed by atoms with E-state index in [4.69, 9.17) is 14.2 Å². The maximum atomic E-state index is 12.6. The van der Waals surface area contributed by atoms with E-state index in [0.29, 0.717) is 22.8 Å². The Morgan fingerprint density at radius 1 is 0.962 bits per heavy atom. The number of fused-ring (bicyclic) bond motifs is 1. The van der Waals surface area contributed by atoms with E-state index in [9.17, 15) is 4.79 Å². The fraction of sp³-hybridized carbons (Fsp3) is 0.143. The van der Waals surface area contributed by atoms with Gasteiger partial charge in [0.15, 0.2) is 17.3 Å². The van der Waals surface area contributed by atoms with Crippen LogP contribution in [0, 0.1) is 0 Å². The molecule has 0 saturated heterocycles. The van der Waals surface area contributed by atoms with Gasteiger partial charge in [0.2, 0.25) is 5.75 Å². The van der Waals surface area contributed by atoms with Gasteiger partial charge in [-0.15, -0.1) is 0 Å². The molecule has 2 aromatic carbocycles. The van der Waals surface area contributed by atoms with Gasteiger partial charge < -0.3 is 14.2 Å². The molecule has 1 heterocycles. The number of para-hydroxylation sites is 1. The SMILES string of the molecule is COc1ccc(C(=O)/C=C/c2cnc3ccccc3c2)c(OC)c1OC. The van der Waals surface area contributed by atoms with Gasteiger partial charge in [0.05, 0.1) is 32.4 Å². The number of carbonyl (C=O) groups is 1. The zero-order valence-corrected chi connectivity index (χ0v) is 14.9. The topological polar surface area (TPSA) is 57.7 Å². The first-order valence-corrected chi connectivity index (χ1v) is 8.04. The van der Waals surface area contributed by atoms with Crippen molar-refractivity contribution < 1.29 is 19.0 Å². The summed E-state index contributed by atoms with van der Waals surface area (Å²) in [6.45, 7) is 0. The molecular formula is C21H19NO4. The van der Waals surface area contributed by atoms with Crippen molar-refractivity contribution in [3.05, 3.63) is 65.9 Å². The number of methoxy groups -OCH3 is 3. The van der Waals surface area contributed by atoms with Crippen LogP contribution in [0.4, 0.5) is 0 Å². The van der Waals surface area contributed by atoms with Gasteiger partial charge in [-0.2, -0.15) is 0 Å². The standard InChI is InChI=1S/C21H19NO4/c1-24-19-11-9-16(20(25-2)21(19)26-3)18(23)10-8-14-12-15-6-4-5-7-17(15)22-13-14/h4-13H,1-3H3/b10-8+. The quantitative estimate of drug-likeness (QED) is 0.494. The molecule has 0 atom stereocenters. The molecule has 3 rings (SSSR count). The lowest BCUT2D eigenvalue weighted by Gasteiger charge is -2.14. The van der Waals surface area contributed by atoms with Gasteiger partial charge in [0.25, 0.3) is 0 Å². The second-order valence-corrected chi connectivity index (χ2v) is 5.54. The molecule has 0 radical (unpaired) electrons. The second-order valence-electron chi connectivity index (χ2n) is 5.54.